The van der Waals surface area contributed by atoms with Gasteiger partial charge in [-0.2, -0.15) is 0 Å². The van der Waals surface area contributed by atoms with Crippen LogP contribution in [0.3, 0.4) is 0 Å². The number of hydrogen-bond acceptors (Lipinski definition) is 4. The largest absolute Gasteiger partial charge is 0.480 e. The highest BCUT2D eigenvalue weighted by molar-refractivity contribution is 6.17. The zero-order chi connectivity index (χ0) is 13.1. The summed E-state index contributed by atoms with van der Waals surface area (Å²) in [7, 11) is 0. The summed E-state index contributed by atoms with van der Waals surface area (Å²) in [4.78, 5) is 10.4. The first-order chi connectivity index (χ1) is 8.07. The molecule has 0 aromatic rings. The number of halogens is 1. The number of unbranched alkanes of at least 4 members (excludes halogenated alkanes) is 3. The van der Waals surface area contributed by atoms with Crippen LogP contribution in [0.2, 0.25) is 0 Å². The molecule has 0 aliphatic carbocycles. The number of alkyl halides is 1. The van der Waals surface area contributed by atoms with Gasteiger partial charge in [0, 0.05) is 18.9 Å². The Kier molecular flexibility index (Phi) is 10.5. The molecule has 102 valence electrons. The summed E-state index contributed by atoms with van der Waals surface area (Å²) in [6, 6.07) is -0.933. The molecule has 0 fully saturated rings. The fourth-order valence-corrected chi connectivity index (χ4v) is 1.49. The third-order valence-electron chi connectivity index (χ3n) is 2.38. The number of carbonyl (C=O) groups is 1. The maximum atomic E-state index is 10.4. The Labute approximate surface area is 107 Å². The third-order valence-corrected chi connectivity index (χ3v) is 2.65. The number of nitrogens with two attached hydrogens (primary N) is 1. The van der Waals surface area contributed by atoms with Crippen LogP contribution in [0.15, 0.2) is 0 Å². The number of carboxylic acids is 1. The van der Waals surface area contributed by atoms with Gasteiger partial charge in [0.05, 0.1) is 0 Å². The van der Waals surface area contributed by atoms with E-state index in [-0.39, 0.29) is 12.8 Å². The van der Waals surface area contributed by atoms with E-state index in [1.54, 1.807) is 0 Å². The van der Waals surface area contributed by atoms with E-state index in [4.69, 9.17) is 27.2 Å². The number of aliphatic hydroxyl groups excluding tert-OH is 1. The van der Waals surface area contributed by atoms with Crippen molar-refractivity contribution in [2.75, 3.05) is 12.5 Å². The Bertz CT molecular complexity index is 204. The molecule has 0 saturated carbocycles. The summed E-state index contributed by atoms with van der Waals surface area (Å²) in [6.07, 6.45) is 3.49. The Morgan fingerprint density at radius 2 is 1.88 bits per heavy atom. The van der Waals surface area contributed by atoms with E-state index in [1.165, 1.54) is 0 Å². The molecule has 0 spiro atoms. The first kappa shape index (κ1) is 16.6. The topological polar surface area (TPSA) is 92.8 Å². The lowest BCUT2D eigenvalue weighted by Crippen LogP contribution is -2.31. The molecule has 0 radical (unpaired) electrons. The number of hydrogen-bond donors (Lipinski definition) is 3. The van der Waals surface area contributed by atoms with E-state index in [0.717, 1.165) is 25.7 Å². The van der Waals surface area contributed by atoms with Crippen molar-refractivity contribution in [1.29, 1.82) is 0 Å². The zero-order valence-electron chi connectivity index (χ0n) is 9.98. The van der Waals surface area contributed by atoms with Crippen molar-refractivity contribution in [3.63, 3.8) is 0 Å². The second kappa shape index (κ2) is 10.8. The molecule has 0 aliphatic heterocycles. The fourth-order valence-electron chi connectivity index (χ4n) is 1.30. The highest BCUT2D eigenvalue weighted by Gasteiger charge is 2.13. The second-order valence-corrected chi connectivity index (χ2v) is 4.33. The lowest BCUT2D eigenvalue weighted by Gasteiger charge is -2.13. The molecule has 17 heavy (non-hydrogen) atoms. The van der Waals surface area contributed by atoms with Gasteiger partial charge in [0.15, 0.2) is 6.29 Å². The van der Waals surface area contributed by atoms with Gasteiger partial charge in [-0.3, -0.25) is 4.79 Å². The van der Waals surface area contributed by atoms with Crippen molar-refractivity contribution in [2.45, 2.75) is 50.9 Å². The minimum Gasteiger partial charge on any atom is -0.480 e. The molecular weight excluding hydrogens is 246 g/mol. The minimum atomic E-state index is -1.06. The normalized spacial score (nSPS) is 14.5. The standard InChI is InChI=1S/C11H22ClNO4/c12-7-3-1-2-4-8-17-10(14)6-5-9(13)11(15)16/h9-10,14H,1-8,13H2,(H,15,16)/t9-,10?/m0/s1. The van der Waals surface area contributed by atoms with Crippen molar-refractivity contribution < 1.29 is 19.7 Å². The molecule has 6 heteroatoms. The average Bonchev–Trinajstić information content (AvgIpc) is 2.30. The van der Waals surface area contributed by atoms with Crippen LogP contribution in [0.1, 0.15) is 38.5 Å². The number of rotatable bonds is 11. The molecule has 2 atom stereocenters. The molecular formula is C11H22ClNO4. The Morgan fingerprint density at radius 3 is 2.47 bits per heavy atom. The van der Waals surface area contributed by atoms with Crippen molar-refractivity contribution in [2.24, 2.45) is 5.73 Å². The van der Waals surface area contributed by atoms with E-state index in [1.807, 2.05) is 0 Å². The zero-order valence-corrected chi connectivity index (χ0v) is 10.7. The molecule has 0 bridgehead atoms. The van der Waals surface area contributed by atoms with Gasteiger partial charge in [-0.05, 0) is 19.3 Å². The van der Waals surface area contributed by atoms with Crippen molar-refractivity contribution in [3.8, 4) is 0 Å². The summed E-state index contributed by atoms with van der Waals surface area (Å²) in [5.74, 6) is -0.380. The van der Waals surface area contributed by atoms with Gasteiger partial charge in [-0.1, -0.05) is 12.8 Å². The van der Waals surface area contributed by atoms with Crippen LogP contribution in [0.5, 0.6) is 0 Å². The lowest BCUT2D eigenvalue weighted by molar-refractivity contribution is -0.139. The van der Waals surface area contributed by atoms with Crippen LogP contribution in [0.25, 0.3) is 0 Å². The third kappa shape index (κ3) is 10.5. The van der Waals surface area contributed by atoms with E-state index >= 15 is 0 Å². The highest BCUT2D eigenvalue weighted by atomic mass is 35.5. The molecule has 0 aliphatic rings. The number of aliphatic carboxylic acids is 1. The maximum absolute atomic E-state index is 10.4. The average molecular weight is 268 g/mol. The minimum absolute atomic E-state index is 0.211. The molecule has 5 nitrogen and oxygen atoms in total. The smallest absolute Gasteiger partial charge is 0.320 e. The van der Waals surface area contributed by atoms with Crippen LogP contribution in [0.4, 0.5) is 0 Å². The van der Waals surface area contributed by atoms with E-state index in [9.17, 15) is 9.90 Å². The predicted molar refractivity (Wildman–Crippen MR) is 66.0 cm³/mol. The Morgan fingerprint density at radius 1 is 1.24 bits per heavy atom. The van der Waals surface area contributed by atoms with Crippen molar-refractivity contribution in [3.05, 3.63) is 0 Å². The van der Waals surface area contributed by atoms with Crippen LogP contribution in [-0.2, 0) is 9.53 Å². The molecule has 0 rings (SSSR count). The van der Waals surface area contributed by atoms with Gasteiger partial charge in [-0.25, -0.2) is 0 Å². The van der Waals surface area contributed by atoms with Crippen LogP contribution in [0, 0.1) is 0 Å². The number of carboxylic acid groups (broad SMARTS) is 1. The molecule has 0 amide bonds. The fraction of sp³-hybridized carbons (Fsp3) is 0.909. The van der Waals surface area contributed by atoms with E-state index in [0.29, 0.717) is 12.5 Å². The van der Waals surface area contributed by atoms with Crippen molar-refractivity contribution >= 4 is 17.6 Å². The number of aliphatic hydroxyl groups is 1. The van der Waals surface area contributed by atoms with Gasteiger partial charge >= 0.3 is 5.97 Å². The summed E-state index contributed by atoms with van der Waals surface area (Å²) in [5.41, 5.74) is 5.30. The molecule has 0 heterocycles. The first-order valence-corrected chi connectivity index (χ1v) is 6.45. The van der Waals surface area contributed by atoms with Gasteiger partial charge < -0.3 is 20.7 Å². The van der Waals surface area contributed by atoms with Crippen LogP contribution >= 0.6 is 11.6 Å². The molecule has 1 unspecified atom stereocenters. The molecule has 0 aromatic heterocycles. The van der Waals surface area contributed by atoms with E-state index in [2.05, 4.69) is 0 Å². The SMILES string of the molecule is N[C@@H](CCC(O)OCCCCCCCl)C(=O)O. The Hall–Kier alpha value is -0.360. The van der Waals surface area contributed by atoms with E-state index < -0.39 is 18.3 Å². The summed E-state index contributed by atoms with van der Waals surface area (Å²) >= 11 is 5.53. The second-order valence-electron chi connectivity index (χ2n) is 3.95. The summed E-state index contributed by atoms with van der Waals surface area (Å²) in [5, 5.41) is 17.9. The highest BCUT2D eigenvalue weighted by Crippen LogP contribution is 2.05. The molecule has 0 saturated heterocycles. The summed E-state index contributed by atoms with van der Waals surface area (Å²) < 4.78 is 5.13. The van der Waals surface area contributed by atoms with Gasteiger partial charge in [-0.15, -0.1) is 11.6 Å². The first-order valence-electron chi connectivity index (χ1n) is 5.92. The lowest BCUT2D eigenvalue weighted by atomic mass is 10.1. The van der Waals surface area contributed by atoms with Crippen LogP contribution < -0.4 is 5.73 Å². The quantitative estimate of drug-likeness (QED) is 0.298. The van der Waals surface area contributed by atoms with Gasteiger partial charge in [0.1, 0.15) is 6.04 Å². The van der Waals surface area contributed by atoms with Gasteiger partial charge in [0.25, 0.3) is 0 Å². The van der Waals surface area contributed by atoms with Crippen LogP contribution in [-0.4, -0.2) is 41.0 Å². The van der Waals surface area contributed by atoms with Crippen molar-refractivity contribution in [1.82, 2.24) is 0 Å². The summed E-state index contributed by atoms with van der Waals surface area (Å²) in [6.45, 7) is 0.478. The maximum Gasteiger partial charge on any atom is 0.320 e. The predicted octanol–water partition coefficient (Wildman–Crippen LogP) is 1.31. The molecule has 0 aromatic carbocycles. The number of ether oxygens (including phenoxy) is 1. The van der Waals surface area contributed by atoms with Gasteiger partial charge in [0.2, 0.25) is 0 Å². The monoisotopic (exact) mass is 267 g/mol. The molecule has 4 N–H and O–H groups in total. The Balaban J connectivity index is 3.34.